The summed E-state index contributed by atoms with van der Waals surface area (Å²) >= 11 is 1.75. The van der Waals surface area contributed by atoms with Crippen molar-refractivity contribution < 1.29 is 9.53 Å². The van der Waals surface area contributed by atoms with E-state index in [-0.39, 0.29) is 18.1 Å². The number of nitrogens with zero attached hydrogens (tertiary/aromatic N) is 1. The number of fused-ring (bicyclic) bond motifs is 8. The Balaban J connectivity index is 1.23. The number of nitrogens with one attached hydrogen (secondary N) is 1. The number of hydrogen-bond donors (Lipinski definition) is 2. The second-order valence-corrected chi connectivity index (χ2v) is 10.2. The van der Waals surface area contributed by atoms with Crippen molar-refractivity contribution in [1.82, 2.24) is 10.3 Å². The summed E-state index contributed by atoms with van der Waals surface area (Å²) in [5.74, 6) is 0.383. The lowest BCUT2D eigenvalue weighted by Crippen LogP contribution is -2.24. The Bertz CT molecular complexity index is 1450. The van der Waals surface area contributed by atoms with E-state index in [1.54, 1.807) is 11.8 Å². The monoisotopic (exact) mass is 479 g/mol. The van der Waals surface area contributed by atoms with Crippen molar-refractivity contribution in [1.29, 1.82) is 0 Å². The maximum atomic E-state index is 13.0. The van der Waals surface area contributed by atoms with E-state index in [4.69, 9.17) is 10.5 Å². The van der Waals surface area contributed by atoms with Gasteiger partial charge in [0.05, 0.1) is 0 Å². The number of rotatable bonds is 5. The maximum absolute atomic E-state index is 13.0. The Hall–Kier alpha value is -3.61. The predicted octanol–water partition coefficient (Wildman–Crippen LogP) is 5.88. The minimum Gasteiger partial charge on any atom is -0.384 e. The van der Waals surface area contributed by atoms with E-state index in [1.807, 2.05) is 44.2 Å². The average Bonchev–Trinajstić information content (AvgIpc) is 3.41. The number of aryl methyl sites for hydroxylation is 2. The molecular formula is C29H25N3O2S. The van der Waals surface area contributed by atoms with Crippen molar-refractivity contribution >= 4 is 23.5 Å². The highest BCUT2D eigenvalue weighted by Gasteiger charge is 2.43. The van der Waals surface area contributed by atoms with Gasteiger partial charge in [-0.1, -0.05) is 42.1 Å². The molecule has 0 saturated carbocycles. The van der Waals surface area contributed by atoms with Gasteiger partial charge in [-0.05, 0) is 89.7 Å². The molecule has 0 radical (unpaired) electrons. The van der Waals surface area contributed by atoms with Crippen LogP contribution in [0.4, 0.5) is 5.82 Å². The Labute approximate surface area is 208 Å². The largest absolute Gasteiger partial charge is 0.384 e. The number of anilines is 1. The van der Waals surface area contributed by atoms with Crippen molar-refractivity contribution in [2.24, 2.45) is 0 Å². The molecule has 0 saturated heterocycles. The molecule has 3 aromatic carbocycles. The van der Waals surface area contributed by atoms with E-state index < -0.39 is 0 Å². The second-order valence-electron chi connectivity index (χ2n) is 9.06. The van der Waals surface area contributed by atoms with E-state index in [2.05, 4.69) is 52.8 Å². The quantitative estimate of drug-likeness (QED) is 0.374. The van der Waals surface area contributed by atoms with Crippen LogP contribution in [0.25, 0.3) is 0 Å². The first kappa shape index (κ1) is 21.9. The molecule has 35 heavy (non-hydrogen) atoms. The minimum absolute atomic E-state index is 0.0657. The molecule has 6 heteroatoms. The molecule has 2 aliphatic heterocycles. The summed E-state index contributed by atoms with van der Waals surface area (Å²) in [5, 5.41) is 3.04. The van der Waals surface area contributed by atoms with E-state index >= 15 is 0 Å². The van der Waals surface area contributed by atoms with Gasteiger partial charge in [0.25, 0.3) is 5.91 Å². The SMILES string of the molecule is Cc1cc(N)nc(C)c1CNC(=O)c1ccc2c(c1)C1OC2c2ccc(Sc3ccccc3)cc21. The first-order chi connectivity index (χ1) is 17.0. The van der Waals surface area contributed by atoms with Crippen LogP contribution in [0.1, 0.15) is 61.6 Å². The van der Waals surface area contributed by atoms with Gasteiger partial charge in [0.15, 0.2) is 0 Å². The number of hydrogen-bond acceptors (Lipinski definition) is 5. The van der Waals surface area contributed by atoms with Gasteiger partial charge in [0.2, 0.25) is 0 Å². The molecule has 3 heterocycles. The number of benzene rings is 3. The van der Waals surface area contributed by atoms with Crippen LogP contribution in [0.5, 0.6) is 0 Å². The zero-order valence-electron chi connectivity index (χ0n) is 19.5. The smallest absolute Gasteiger partial charge is 0.251 e. The molecule has 2 atom stereocenters. The first-order valence-corrected chi connectivity index (χ1v) is 12.5. The highest BCUT2D eigenvalue weighted by Crippen LogP contribution is 2.55. The number of aromatic nitrogens is 1. The highest BCUT2D eigenvalue weighted by atomic mass is 32.2. The van der Waals surface area contributed by atoms with Crippen molar-refractivity contribution in [3.63, 3.8) is 0 Å². The molecule has 2 aliphatic rings. The highest BCUT2D eigenvalue weighted by molar-refractivity contribution is 7.99. The molecule has 3 N–H and O–H groups in total. The summed E-state index contributed by atoms with van der Waals surface area (Å²) in [6.07, 6.45) is -0.205. The fourth-order valence-electron chi connectivity index (χ4n) is 5.08. The van der Waals surface area contributed by atoms with Crippen LogP contribution in [0, 0.1) is 13.8 Å². The van der Waals surface area contributed by atoms with E-state index in [0.717, 1.165) is 27.9 Å². The summed E-state index contributed by atoms with van der Waals surface area (Å²) < 4.78 is 6.36. The van der Waals surface area contributed by atoms with Gasteiger partial charge < -0.3 is 15.8 Å². The van der Waals surface area contributed by atoms with E-state index in [9.17, 15) is 4.79 Å². The summed E-state index contributed by atoms with van der Waals surface area (Å²) in [4.78, 5) is 19.7. The lowest BCUT2D eigenvalue weighted by molar-refractivity contribution is 0.0857. The Kier molecular flexibility index (Phi) is 5.35. The molecule has 5 nitrogen and oxygen atoms in total. The molecule has 0 spiro atoms. The zero-order valence-corrected chi connectivity index (χ0v) is 20.4. The molecule has 174 valence electrons. The molecule has 4 aromatic rings. The number of carbonyl (C=O) groups excluding carboxylic acids is 1. The molecular weight excluding hydrogens is 454 g/mol. The zero-order chi connectivity index (χ0) is 24.1. The fraction of sp³-hybridized carbons (Fsp3) is 0.172. The minimum atomic E-state index is -0.139. The van der Waals surface area contributed by atoms with Crippen LogP contribution >= 0.6 is 11.8 Å². The number of carbonyl (C=O) groups is 1. The van der Waals surface area contributed by atoms with Gasteiger partial charge in [-0.15, -0.1) is 0 Å². The number of pyridine rings is 1. The van der Waals surface area contributed by atoms with Crippen LogP contribution < -0.4 is 11.1 Å². The van der Waals surface area contributed by atoms with Crippen LogP contribution in [-0.4, -0.2) is 10.9 Å². The van der Waals surface area contributed by atoms with Gasteiger partial charge in [0, 0.05) is 27.6 Å². The van der Waals surface area contributed by atoms with Crippen molar-refractivity contribution in [2.75, 3.05) is 5.73 Å². The number of amides is 1. The van der Waals surface area contributed by atoms with Crippen molar-refractivity contribution in [3.8, 4) is 0 Å². The average molecular weight is 480 g/mol. The maximum Gasteiger partial charge on any atom is 0.251 e. The van der Waals surface area contributed by atoms with Crippen LogP contribution in [-0.2, 0) is 11.3 Å². The normalized spacial score (nSPS) is 17.2. The lowest BCUT2D eigenvalue weighted by atomic mass is 9.85. The van der Waals surface area contributed by atoms with Crippen molar-refractivity contribution in [3.05, 3.63) is 117 Å². The molecule has 2 bridgehead atoms. The third-order valence-corrected chi connectivity index (χ3v) is 7.79. The third kappa shape index (κ3) is 3.89. The third-order valence-electron chi connectivity index (χ3n) is 6.79. The fourth-order valence-corrected chi connectivity index (χ4v) is 5.97. The standard InChI is InChI=1S/C29H25N3O2S/c1-16-12-26(30)32-17(2)25(16)15-31-29(33)18-8-10-21-23(13-18)28-24-14-20(9-11-22(24)27(21)34-28)35-19-6-4-3-5-7-19/h3-14,27-28H,15H2,1-2H3,(H2,30,32)(H,31,33). The number of nitrogens with two attached hydrogens (primary N) is 1. The lowest BCUT2D eigenvalue weighted by Gasteiger charge is -2.18. The van der Waals surface area contributed by atoms with Crippen LogP contribution in [0.2, 0.25) is 0 Å². The molecule has 6 rings (SSSR count). The second kappa shape index (κ2) is 8.56. The van der Waals surface area contributed by atoms with Crippen LogP contribution in [0.15, 0.2) is 82.6 Å². The molecule has 1 aromatic heterocycles. The van der Waals surface area contributed by atoms with Crippen LogP contribution in [0.3, 0.4) is 0 Å². The summed E-state index contributed by atoms with van der Waals surface area (Å²) in [5.41, 5.74) is 14.0. The number of ether oxygens (including phenoxy) is 1. The molecule has 0 aliphatic carbocycles. The Morgan fingerprint density at radius 2 is 1.63 bits per heavy atom. The predicted molar refractivity (Wildman–Crippen MR) is 138 cm³/mol. The van der Waals surface area contributed by atoms with Gasteiger partial charge in [-0.3, -0.25) is 4.79 Å². The van der Waals surface area contributed by atoms with Crippen molar-refractivity contribution in [2.45, 2.75) is 42.4 Å². The Morgan fingerprint density at radius 3 is 2.40 bits per heavy atom. The van der Waals surface area contributed by atoms with Gasteiger partial charge in [-0.2, -0.15) is 0 Å². The van der Waals surface area contributed by atoms with Gasteiger partial charge in [-0.25, -0.2) is 4.98 Å². The molecule has 1 amide bonds. The Morgan fingerprint density at radius 1 is 0.914 bits per heavy atom. The summed E-state index contributed by atoms with van der Waals surface area (Å²) in [6, 6.07) is 24.7. The number of nitrogen functional groups attached to an aromatic ring is 1. The van der Waals surface area contributed by atoms with Gasteiger partial charge >= 0.3 is 0 Å². The van der Waals surface area contributed by atoms with E-state index in [0.29, 0.717) is 17.9 Å². The molecule has 0 fully saturated rings. The summed E-state index contributed by atoms with van der Waals surface area (Å²) in [7, 11) is 0. The molecule has 2 unspecified atom stereocenters. The van der Waals surface area contributed by atoms with E-state index in [1.165, 1.54) is 20.9 Å². The first-order valence-electron chi connectivity index (χ1n) is 11.6. The summed E-state index contributed by atoms with van der Waals surface area (Å²) in [6.45, 7) is 4.31. The van der Waals surface area contributed by atoms with Gasteiger partial charge in [0.1, 0.15) is 18.0 Å². The topological polar surface area (TPSA) is 77.2 Å².